The predicted molar refractivity (Wildman–Crippen MR) is 92.6 cm³/mol. The van der Waals surface area contributed by atoms with Crippen molar-refractivity contribution in [2.45, 2.75) is 38.8 Å². The molecule has 0 heterocycles. The molecule has 1 aromatic carbocycles. The van der Waals surface area contributed by atoms with Crippen LogP contribution in [0.3, 0.4) is 0 Å². The second-order valence-electron chi connectivity index (χ2n) is 5.89. The Balaban J connectivity index is 2.76. The van der Waals surface area contributed by atoms with E-state index in [9.17, 15) is 14.0 Å². The summed E-state index contributed by atoms with van der Waals surface area (Å²) in [7, 11) is 0. The molecule has 8 heteroatoms. The van der Waals surface area contributed by atoms with E-state index in [0.29, 0.717) is 3.57 Å². The summed E-state index contributed by atoms with van der Waals surface area (Å²) in [5.41, 5.74) is -0.544. The van der Waals surface area contributed by atoms with Gasteiger partial charge in [-0.1, -0.05) is 0 Å². The van der Waals surface area contributed by atoms with Crippen molar-refractivity contribution < 1.29 is 23.8 Å². The topological polar surface area (TPSA) is 87.7 Å². The normalized spacial score (nSPS) is 12.4. The Morgan fingerprint density at radius 3 is 2.57 bits per heavy atom. The minimum atomic E-state index is -1.22. The highest BCUT2D eigenvalue weighted by Crippen LogP contribution is 2.18. The highest BCUT2D eigenvalue weighted by molar-refractivity contribution is 14.1. The zero-order valence-corrected chi connectivity index (χ0v) is 15.3. The molecule has 23 heavy (non-hydrogen) atoms. The molecule has 0 unspecified atom stereocenters. The minimum Gasteiger partial charge on any atom is -0.436 e. The van der Waals surface area contributed by atoms with Gasteiger partial charge in [0.2, 0.25) is 0 Å². The van der Waals surface area contributed by atoms with Crippen LogP contribution < -0.4 is 10.6 Å². The molecular formula is C15H20FIN2O4. The molecule has 0 spiro atoms. The molecule has 1 atom stereocenters. The molecule has 0 aromatic heterocycles. The van der Waals surface area contributed by atoms with Crippen LogP contribution >= 0.6 is 22.6 Å². The Morgan fingerprint density at radius 2 is 2.04 bits per heavy atom. The quantitative estimate of drug-likeness (QED) is 0.617. The summed E-state index contributed by atoms with van der Waals surface area (Å²) in [6.07, 6.45) is -2.09. The maximum atomic E-state index is 13.8. The molecule has 2 amide bonds. The van der Waals surface area contributed by atoms with Crippen molar-refractivity contribution in [3.8, 4) is 0 Å². The molecule has 1 aromatic rings. The summed E-state index contributed by atoms with van der Waals surface area (Å²) in [5, 5.41) is 13.9. The molecule has 3 N–H and O–H groups in total. The fourth-order valence-corrected chi connectivity index (χ4v) is 2.08. The summed E-state index contributed by atoms with van der Waals surface area (Å²) in [6, 6.07) is 4.32. The number of nitrogens with one attached hydrogen (secondary N) is 2. The van der Waals surface area contributed by atoms with Crippen LogP contribution in [-0.2, 0) is 9.53 Å². The van der Waals surface area contributed by atoms with Gasteiger partial charge in [-0.15, -0.1) is 0 Å². The van der Waals surface area contributed by atoms with Crippen LogP contribution in [0.15, 0.2) is 18.2 Å². The van der Waals surface area contributed by atoms with E-state index in [-0.39, 0.29) is 18.7 Å². The van der Waals surface area contributed by atoms with E-state index in [1.54, 1.807) is 26.8 Å². The maximum absolute atomic E-state index is 13.8. The Kier molecular flexibility index (Phi) is 7.20. The van der Waals surface area contributed by atoms with Crippen LogP contribution in [0.25, 0.3) is 0 Å². The molecule has 0 aliphatic rings. The van der Waals surface area contributed by atoms with Crippen molar-refractivity contribution in [2.75, 3.05) is 11.9 Å². The van der Waals surface area contributed by atoms with Crippen molar-refractivity contribution in [1.82, 2.24) is 5.32 Å². The molecule has 0 aliphatic heterocycles. The molecular weight excluding hydrogens is 418 g/mol. The largest absolute Gasteiger partial charge is 0.436 e. The van der Waals surface area contributed by atoms with Gasteiger partial charge in [0, 0.05) is 22.1 Å². The van der Waals surface area contributed by atoms with Gasteiger partial charge in [0.05, 0.1) is 5.69 Å². The van der Waals surface area contributed by atoms with E-state index < -0.39 is 29.5 Å². The third-order valence-electron chi connectivity index (χ3n) is 2.60. The van der Waals surface area contributed by atoms with Gasteiger partial charge in [-0.3, -0.25) is 4.79 Å². The first-order valence-electron chi connectivity index (χ1n) is 6.98. The number of ether oxygens (including phenoxy) is 1. The number of aliphatic hydroxyl groups is 1. The molecule has 0 radical (unpaired) electrons. The number of carbonyl (C=O) groups excluding carboxylic acids is 2. The first-order chi connectivity index (χ1) is 10.6. The van der Waals surface area contributed by atoms with Gasteiger partial charge in [0.15, 0.2) is 6.10 Å². The highest BCUT2D eigenvalue weighted by Gasteiger charge is 2.25. The third-order valence-corrected chi connectivity index (χ3v) is 3.27. The Bertz CT molecular complexity index is 575. The monoisotopic (exact) mass is 438 g/mol. The van der Waals surface area contributed by atoms with Crippen LogP contribution in [0.1, 0.15) is 27.2 Å². The van der Waals surface area contributed by atoms with Gasteiger partial charge in [-0.25, -0.2) is 9.18 Å². The number of hydrogen-bond donors (Lipinski definition) is 3. The van der Waals surface area contributed by atoms with Gasteiger partial charge in [0.25, 0.3) is 5.91 Å². The van der Waals surface area contributed by atoms with Crippen LogP contribution in [0.5, 0.6) is 0 Å². The van der Waals surface area contributed by atoms with E-state index in [4.69, 9.17) is 9.84 Å². The van der Waals surface area contributed by atoms with E-state index in [1.165, 1.54) is 12.1 Å². The van der Waals surface area contributed by atoms with Gasteiger partial charge in [-0.05, 0) is 61.6 Å². The Hall–Kier alpha value is -1.42. The van der Waals surface area contributed by atoms with Gasteiger partial charge < -0.3 is 20.5 Å². The first kappa shape index (κ1) is 19.6. The first-order valence-corrected chi connectivity index (χ1v) is 8.06. The maximum Gasteiger partial charge on any atom is 0.408 e. The predicted octanol–water partition coefficient (Wildman–Crippen LogP) is 2.64. The molecule has 0 fully saturated rings. The van der Waals surface area contributed by atoms with Gasteiger partial charge in [-0.2, -0.15) is 0 Å². The smallest absolute Gasteiger partial charge is 0.408 e. The van der Waals surface area contributed by atoms with E-state index in [1.807, 2.05) is 22.6 Å². The highest BCUT2D eigenvalue weighted by atomic mass is 127. The Morgan fingerprint density at radius 1 is 1.39 bits per heavy atom. The van der Waals surface area contributed by atoms with Crippen molar-refractivity contribution in [3.63, 3.8) is 0 Å². The summed E-state index contributed by atoms with van der Waals surface area (Å²) in [4.78, 5) is 23.9. The SMILES string of the molecule is CC(C)(C)NC(=O)O[C@@H](CCO)C(=O)Nc1ccc(I)cc1F. The van der Waals surface area contributed by atoms with Crippen molar-refractivity contribution >= 4 is 40.3 Å². The number of carbonyl (C=O) groups is 2. The lowest BCUT2D eigenvalue weighted by Gasteiger charge is -2.23. The second kappa shape index (κ2) is 8.44. The van der Waals surface area contributed by atoms with Crippen molar-refractivity contribution in [3.05, 3.63) is 27.6 Å². The van der Waals surface area contributed by atoms with E-state index in [0.717, 1.165) is 0 Å². The zero-order valence-electron chi connectivity index (χ0n) is 13.2. The van der Waals surface area contributed by atoms with Gasteiger partial charge >= 0.3 is 6.09 Å². The number of amides is 2. The third kappa shape index (κ3) is 7.12. The number of halogens is 2. The number of aliphatic hydroxyl groups excluding tert-OH is 1. The van der Waals surface area contributed by atoms with E-state index in [2.05, 4.69) is 10.6 Å². The van der Waals surface area contributed by atoms with Crippen LogP contribution in [0.4, 0.5) is 14.9 Å². The van der Waals surface area contributed by atoms with E-state index >= 15 is 0 Å². The summed E-state index contributed by atoms with van der Waals surface area (Å²) in [5.74, 6) is -1.30. The molecule has 0 saturated heterocycles. The lowest BCUT2D eigenvalue weighted by atomic mass is 10.1. The fraction of sp³-hybridized carbons (Fsp3) is 0.467. The van der Waals surface area contributed by atoms with Gasteiger partial charge in [0.1, 0.15) is 5.82 Å². The second-order valence-corrected chi connectivity index (χ2v) is 7.14. The number of hydrogen-bond acceptors (Lipinski definition) is 4. The summed E-state index contributed by atoms with van der Waals surface area (Å²) >= 11 is 1.95. The molecule has 128 valence electrons. The standard InChI is InChI=1S/C15H20FIN2O4/c1-15(2,3)19-14(22)23-12(6-7-20)13(21)18-11-5-4-9(17)8-10(11)16/h4-5,8,12,20H,6-7H2,1-3H3,(H,18,21)(H,19,22)/t12-/m0/s1. The molecule has 6 nitrogen and oxygen atoms in total. The zero-order chi connectivity index (χ0) is 17.6. The molecule has 0 aliphatic carbocycles. The number of rotatable bonds is 5. The number of benzene rings is 1. The summed E-state index contributed by atoms with van der Waals surface area (Å²) < 4.78 is 19.5. The molecule has 0 bridgehead atoms. The number of anilines is 1. The molecule has 0 saturated carbocycles. The number of alkyl carbamates (subject to hydrolysis) is 1. The minimum absolute atomic E-state index is 0.0156. The van der Waals surface area contributed by atoms with Crippen LogP contribution in [0.2, 0.25) is 0 Å². The van der Waals surface area contributed by atoms with Crippen LogP contribution in [0, 0.1) is 9.39 Å². The lowest BCUT2D eigenvalue weighted by Crippen LogP contribution is -2.44. The average molecular weight is 438 g/mol. The van der Waals surface area contributed by atoms with Crippen molar-refractivity contribution in [2.24, 2.45) is 0 Å². The van der Waals surface area contributed by atoms with Crippen LogP contribution in [-0.4, -0.2) is 35.4 Å². The Labute approximate surface area is 147 Å². The molecule has 1 rings (SSSR count). The lowest BCUT2D eigenvalue weighted by molar-refractivity contribution is -0.125. The summed E-state index contributed by atoms with van der Waals surface area (Å²) in [6.45, 7) is 4.93. The fourth-order valence-electron chi connectivity index (χ4n) is 1.63. The van der Waals surface area contributed by atoms with Crippen molar-refractivity contribution in [1.29, 1.82) is 0 Å². The average Bonchev–Trinajstić information content (AvgIpc) is 2.39.